The zero-order valence-electron chi connectivity index (χ0n) is 11.0. The first kappa shape index (κ1) is 13.9. The number of allylic oxidation sites excluding steroid dienone is 1. The molecule has 1 aliphatic rings. The third-order valence-corrected chi connectivity index (χ3v) is 5.02. The quantitative estimate of drug-likeness (QED) is 0.751. The summed E-state index contributed by atoms with van der Waals surface area (Å²) < 4.78 is 11.2. The third kappa shape index (κ3) is 4.02. The molecule has 0 aromatic carbocycles. The molecule has 4 atom stereocenters. The Hall–Kier alpha value is -0.150. The van der Waals surface area contributed by atoms with E-state index in [1.807, 2.05) is 6.92 Å². The average molecular weight is 243 g/mol. The van der Waals surface area contributed by atoms with Crippen LogP contribution in [0.15, 0.2) is 11.6 Å². The van der Waals surface area contributed by atoms with E-state index in [9.17, 15) is 4.21 Å². The van der Waals surface area contributed by atoms with Gasteiger partial charge in [-0.2, -0.15) is 0 Å². The van der Waals surface area contributed by atoms with Gasteiger partial charge in [-0.05, 0) is 38.5 Å². The van der Waals surface area contributed by atoms with Crippen LogP contribution in [0.25, 0.3) is 0 Å². The highest BCUT2D eigenvalue weighted by Gasteiger charge is 2.21. The van der Waals surface area contributed by atoms with E-state index in [2.05, 4.69) is 25.2 Å². The van der Waals surface area contributed by atoms with Gasteiger partial charge in [0.15, 0.2) is 0 Å². The second-order valence-electron chi connectivity index (χ2n) is 5.08. The predicted molar refractivity (Wildman–Crippen MR) is 72.0 cm³/mol. The van der Waals surface area contributed by atoms with E-state index in [1.165, 1.54) is 18.4 Å². The van der Waals surface area contributed by atoms with Gasteiger partial charge in [-0.25, -0.2) is 0 Å². The monoisotopic (exact) mass is 243 g/mol. The van der Waals surface area contributed by atoms with Gasteiger partial charge in [0.05, 0.1) is 0 Å². The Morgan fingerprint density at radius 2 is 2.31 bits per heavy atom. The van der Waals surface area contributed by atoms with Gasteiger partial charge in [0.1, 0.15) is 0 Å². The lowest BCUT2D eigenvalue weighted by Crippen LogP contribution is -2.34. The lowest BCUT2D eigenvalue weighted by atomic mass is 9.80. The standard InChI is InChI=1S/C13H25NOS/c1-10-6-5-7-11(2)13(10)9-14-8-12(3)16(4)15/h6,11-14H,5,7-9H2,1-4H3/t11-,12+,13-,16-/m0/s1. The summed E-state index contributed by atoms with van der Waals surface area (Å²) in [6, 6.07) is 0. The molecule has 0 saturated carbocycles. The Morgan fingerprint density at radius 1 is 1.62 bits per heavy atom. The molecule has 0 spiro atoms. The lowest BCUT2D eigenvalue weighted by Gasteiger charge is -2.29. The molecule has 0 aromatic heterocycles. The Bertz CT molecular complexity index is 275. The van der Waals surface area contributed by atoms with E-state index in [1.54, 1.807) is 6.26 Å². The van der Waals surface area contributed by atoms with Gasteiger partial charge in [-0.1, -0.05) is 18.6 Å². The summed E-state index contributed by atoms with van der Waals surface area (Å²) in [6.07, 6.45) is 6.69. The van der Waals surface area contributed by atoms with Crippen molar-refractivity contribution >= 4 is 10.8 Å². The molecule has 1 aliphatic carbocycles. The van der Waals surface area contributed by atoms with Crippen LogP contribution in [0.2, 0.25) is 0 Å². The second-order valence-corrected chi connectivity index (χ2v) is 6.88. The molecular weight excluding hydrogens is 218 g/mol. The molecule has 3 heteroatoms. The van der Waals surface area contributed by atoms with E-state index in [0.29, 0.717) is 5.92 Å². The normalized spacial score (nSPS) is 29.6. The lowest BCUT2D eigenvalue weighted by molar-refractivity contribution is 0.351. The van der Waals surface area contributed by atoms with Crippen LogP contribution in [0, 0.1) is 11.8 Å². The molecule has 0 aromatic rings. The van der Waals surface area contributed by atoms with Crippen LogP contribution < -0.4 is 5.32 Å². The molecule has 0 saturated heterocycles. The summed E-state index contributed by atoms with van der Waals surface area (Å²) in [5.74, 6) is 1.45. The fourth-order valence-corrected chi connectivity index (χ4v) is 2.65. The van der Waals surface area contributed by atoms with Gasteiger partial charge >= 0.3 is 0 Å². The first-order valence-electron chi connectivity index (χ1n) is 6.22. The highest BCUT2D eigenvalue weighted by atomic mass is 32.2. The summed E-state index contributed by atoms with van der Waals surface area (Å²) in [6.45, 7) is 8.51. The number of nitrogens with one attached hydrogen (secondary N) is 1. The second kappa shape index (κ2) is 6.55. The highest BCUT2D eigenvalue weighted by molar-refractivity contribution is 7.84. The zero-order valence-corrected chi connectivity index (χ0v) is 11.8. The van der Waals surface area contributed by atoms with Crippen LogP contribution in [-0.2, 0) is 10.8 Å². The summed E-state index contributed by atoms with van der Waals surface area (Å²) in [4.78, 5) is 0. The fourth-order valence-electron chi connectivity index (χ4n) is 2.30. The van der Waals surface area contributed by atoms with Crippen LogP contribution in [-0.4, -0.2) is 28.8 Å². The summed E-state index contributed by atoms with van der Waals surface area (Å²) in [7, 11) is -0.711. The largest absolute Gasteiger partial charge is 0.315 e. The average Bonchev–Trinajstić information content (AvgIpc) is 2.22. The van der Waals surface area contributed by atoms with Crippen molar-refractivity contribution in [3.05, 3.63) is 11.6 Å². The van der Waals surface area contributed by atoms with E-state index in [0.717, 1.165) is 19.0 Å². The number of rotatable bonds is 5. The van der Waals surface area contributed by atoms with Crippen molar-refractivity contribution in [1.29, 1.82) is 0 Å². The molecule has 0 aliphatic heterocycles. The molecule has 0 fully saturated rings. The minimum absolute atomic E-state index is 0.253. The summed E-state index contributed by atoms with van der Waals surface area (Å²) >= 11 is 0. The molecule has 1 rings (SSSR count). The van der Waals surface area contributed by atoms with E-state index in [4.69, 9.17) is 0 Å². The van der Waals surface area contributed by atoms with Gasteiger partial charge in [0.25, 0.3) is 0 Å². The number of hydrogen-bond acceptors (Lipinski definition) is 2. The van der Waals surface area contributed by atoms with Crippen LogP contribution >= 0.6 is 0 Å². The van der Waals surface area contributed by atoms with Gasteiger partial charge in [-0.15, -0.1) is 0 Å². The Labute approximate surface area is 102 Å². The van der Waals surface area contributed by atoms with E-state index in [-0.39, 0.29) is 5.25 Å². The van der Waals surface area contributed by atoms with Crippen molar-refractivity contribution in [1.82, 2.24) is 5.32 Å². The van der Waals surface area contributed by atoms with E-state index >= 15 is 0 Å². The van der Waals surface area contributed by atoms with Crippen molar-refractivity contribution in [3.8, 4) is 0 Å². The van der Waals surface area contributed by atoms with Crippen molar-refractivity contribution < 1.29 is 4.21 Å². The zero-order chi connectivity index (χ0) is 12.1. The molecule has 94 valence electrons. The molecular formula is C13H25NOS. The van der Waals surface area contributed by atoms with Crippen molar-refractivity contribution in [2.75, 3.05) is 19.3 Å². The fraction of sp³-hybridized carbons (Fsp3) is 0.846. The van der Waals surface area contributed by atoms with Gasteiger partial charge < -0.3 is 5.32 Å². The first-order valence-corrected chi connectivity index (χ1v) is 7.84. The van der Waals surface area contributed by atoms with Crippen molar-refractivity contribution in [2.45, 2.75) is 38.9 Å². The van der Waals surface area contributed by atoms with Gasteiger partial charge in [0.2, 0.25) is 0 Å². The molecule has 1 N–H and O–H groups in total. The topological polar surface area (TPSA) is 29.1 Å². The molecule has 16 heavy (non-hydrogen) atoms. The maximum absolute atomic E-state index is 11.2. The van der Waals surface area contributed by atoms with Crippen LogP contribution in [0.5, 0.6) is 0 Å². The summed E-state index contributed by atoms with van der Waals surface area (Å²) in [5.41, 5.74) is 1.52. The Kier molecular flexibility index (Phi) is 5.70. The summed E-state index contributed by atoms with van der Waals surface area (Å²) in [5, 5.41) is 3.72. The molecule has 0 unspecified atom stereocenters. The minimum Gasteiger partial charge on any atom is -0.315 e. The maximum Gasteiger partial charge on any atom is 0.0441 e. The predicted octanol–water partition coefficient (Wildman–Crippen LogP) is 2.34. The minimum atomic E-state index is -0.711. The third-order valence-electron chi connectivity index (χ3n) is 3.72. The first-order chi connectivity index (χ1) is 7.52. The van der Waals surface area contributed by atoms with E-state index < -0.39 is 10.8 Å². The van der Waals surface area contributed by atoms with Crippen molar-refractivity contribution in [3.63, 3.8) is 0 Å². The van der Waals surface area contributed by atoms with Crippen LogP contribution in [0.4, 0.5) is 0 Å². The molecule has 0 amide bonds. The van der Waals surface area contributed by atoms with Crippen molar-refractivity contribution in [2.24, 2.45) is 11.8 Å². The molecule has 0 radical (unpaired) electrons. The molecule has 0 bridgehead atoms. The molecule has 0 heterocycles. The van der Waals surface area contributed by atoms with Gasteiger partial charge in [0, 0.05) is 35.4 Å². The van der Waals surface area contributed by atoms with Crippen LogP contribution in [0.3, 0.4) is 0 Å². The smallest absolute Gasteiger partial charge is 0.0441 e. The van der Waals surface area contributed by atoms with Gasteiger partial charge in [-0.3, -0.25) is 4.21 Å². The maximum atomic E-state index is 11.2. The number of hydrogen-bond donors (Lipinski definition) is 1. The Balaban J connectivity index is 2.34. The highest BCUT2D eigenvalue weighted by Crippen LogP contribution is 2.29. The molecule has 2 nitrogen and oxygen atoms in total. The Morgan fingerprint density at radius 3 is 2.88 bits per heavy atom. The SMILES string of the molecule is CC1=CCC[C@H](C)[C@H]1CNC[C@@H](C)[S@](C)=O. The van der Waals surface area contributed by atoms with Crippen LogP contribution in [0.1, 0.15) is 33.6 Å².